The summed E-state index contributed by atoms with van der Waals surface area (Å²) < 4.78 is 10.9. The summed E-state index contributed by atoms with van der Waals surface area (Å²) in [5, 5.41) is 0. The van der Waals surface area contributed by atoms with E-state index in [2.05, 4.69) is 11.0 Å². The zero-order chi connectivity index (χ0) is 13.7. The number of nitrogens with zero attached hydrogens (tertiary/aromatic N) is 1. The summed E-state index contributed by atoms with van der Waals surface area (Å²) in [5.74, 6) is -0.0641. The molecule has 4 aliphatic rings. The summed E-state index contributed by atoms with van der Waals surface area (Å²) in [5.41, 5.74) is 4.20. The van der Waals surface area contributed by atoms with E-state index in [1.807, 2.05) is 0 Å². The van der Waals surface area contributed by atoms with Crippen LogP contribution < -0.4 is 17.0 Å². The second kappa shape index (κ2) is 5.52. The maximum atomic E-state index is 11.8. The van der Waals surface area contributed by atoms with Gasteiger partial charge in [0.15, 0.2) is 0 Å². The Balaban J connectivity index is 0.00000132. The molecular weight excluding hydrogens is 334 g/mol. The minimum Gasteiger partial charge on any atom is -1.00 e. The average molecular weight is 355 g/mol. The summed E-state index contributed by atoms with van der Waals surface area (Å²) in [7, 11) is 1.80. The number of cyclic esters (lactones) is 1. The van der Waals surface area contributed by atoms with Gasteiger partial charge in [0.1, 0.15) is 6.61 Å². The molecule has 0 aromatic heterocycles. The van der Waals surface area contributed by atoms with Gasteiger partial charge in [-0.1, -0.05) is 6.08 Å². The van der Waals surface area contributed by atoms with Crippen molar-refractivity contribution in [2.75, 3.05) is 26.8 Å². The van der Waals surface area contributed by atoms with Gasteiger partial charge in [-0.3, -0.25) is 9.69 Å². The molecule has 0 unspecified atom stereocenters. The third kappa shape index (κ3) is 2.13. The Hall–Kier alpha value is -0.650. The number of rotatable bonds is 1. The number of carbonyl (C=O) groups is 1. The third-order valence-electron chi connectivity index (χ3n) is 5.54. The summed E-state index contributed by atoms with van der Waals surface area (Å²) in [6, 6.07) is 0. The summed E-state index contributed by atoms with van der Waals surface area (Å²) in [6.07, 6.45) is 7.31. The lowest BCUT2D eigenvalue weighted by Crippen LogP contribution is -3.00. The first-order chi connectivity index (χ1) is 9.74. The van der Waals surface area contributed by atoms with Crippen LogP contribution in [-0.2, 0) is 14.3 Å². The van der Waals surface area contributed by atoms with E-state index in [1.54, 1.807) is 7.11 Å². The monoisotopic (exact) mass is 354 g/mol. The van der Waals surface area contributed by atoms with Gasteiger partial charge in [0.2, 0.25) is 0 Å². The Morgan fingerprint density at radius 1 is 1.38 bits per heavy atom. The van der Waals surface area contributed by atoms with Crippen molar-refractivity contribution in [2.45, 2.75) is 43.7 Å². The second-order valence-electron chi connectivity index (χ2n) is 6.29. The first kappa shape index (κ1) is 15.3. The molecule has 1 aliphatic carbocycles. The third-order valence-corrected chi connectivity index (χ3v) is 5.54. The van der Waals surface area contributed by atoms with Gasteiger partial charge >= 0.3 is 5.97 Å². The molecule has 0 amide bonds. The van der Waals surface area contributed by atoms with Crippen LogP contribution in [0.2, 0.25) is 0 Å². The van der Waals surface area contributed by atoms with Crippen LogP contribution in [0.4, 0.5) is 0 Å². The molecule has 4 rings (SSSR count). The van der Waals surface area contributed by atoms with Crippen molar-refractivity contribution < 1.29 is 31.2 Å². The lowest BCUT2D eigenvalue weighted by molar-refractivity contribution is -0.143. The first-order valence-electron chi connectivity index (χ1n) is 7.58. The molecule has 0 radical (unpaired) electrons. The zero-order valence-corrected chi connectivity index (χ0v) is 13.9. The highest BCUT2D eigenvalue weighted by atomic mass is 79.9. The fraction of sp³-hybridized carbons (Fsp3) is 0.688. The van der Waals surface area contributed by atoms with Gasteiger partial charge in [0.05, 0.1) is 18.1 Å². The Morgan fingerprint density at radius 3 is 3.00 bits per heavy atom. The van der Waals surface area contributed by atoms with Crippen molar-refractivity contribution in [1.29, 1.82) is 0 Å². The molecule has 3 aliphatic heterocycles. The first-order valence-corrected chi connectivity index (χ1v) is 7.58. The minimum absolute atomic E-state index is 0. The van der Waals surface area contributed by atoms with Crippen LogP contribution in [0.5, 0.6) is 0 Å². The van der Waals surface area contributed by atoms with Gasteiger partial charge in [0.25, 0.3) is 0 Å². The SMILES string of the molecule is CO[C@H]1CC=C2CCN3CCC4=C(CC(=O)OC4)[C@]23C1.[Br-]. The standard InChI is InChI=1S/C16H21NO3.BrH/c1-19-13-3-2-12-5-7-17-6-4-11-10-20-15(18)8-14(11)16(12,17)9-13;/h2,13H,3-10H2,1H3;1H/p-1/t13-,16-;/m0./s1. The summed E-state index contributed by atoms with van der Waals surface area (Å²) in [4.78, 5) is 14.4. The lowest BCUT2D eigenvalue weighted by atomic mass is 9.69. The van der Waals surface area contributed by atoms with Gasteiger partial charge in [-0.15, -0.1) is 0 Å². The van der Waals surface area contributed by atoms with Crippen molar-refractivity contribution in [3.8, 4) is 0 Å². The largest absolute Gasteiger partial charge is 1.00 e. The maximum Gasteiger partial charge on any atom is 0.310 e. The fourth-order valence-electron chi connectivity index (χ4n) is 4.57. The molecule has 4 nitrogen and oxygen atoms in total. The van der Waals surface area contributed by atoms with E-state index in [4.69, 9.17) is 9.47 Å². The van der Waals surface area contributed by atoms with E-state index in [-0.39, 0.29) is 34.6 Å². The molecule has 21 heavy (non-hydrogen) atoms. The Morgan fingerprint density at radius 2 is 2.19 bits per heavy atom. The van der Waals surface area contributed by atoms with E-state index in [0.29, 0.717) is 13.0 Å². The normalized spacial score (nSPS) is 35.2. The molecule has 1 fully saturated rings. The number of hydrogen-bond acceptors (Lipinski definition) is 4. The van der Waals surface area contributed by atoms with Crippen LogP contribution in [0.3, 0.4) is 0 Å². The molecule has 0 aromatic rings. The van der Waals surface area contributed by atoms with Gasteiger partial charge in [-0.2, -0.15) is 0 Å². The molecule has 116 valence electrons. The van der Waals surface area contributed by atoms with Crippen LogP contribution in [-0.4, -0.2) is 49.3 Å². The molecule has 0 saturated carbocycles. The predicted octanol–water partition coefficient (Wildman–Crippen LogP) is -1.18. The minimum atomic E-state index is -0.0641. The number of ether oxygens (including phenoxy) is 2. The highest BCUT2D eigenvalue weighted by molar-refractivity contribution is 5.76. The predicted molar refractivity (Wildman–Crippen MR) is 74.3 cm³/mol. The Kier molecular flexibility index (Phi) is 4.01. The topological polar surface area (TPSA) is 38.8 Å². The van der Waals surface area contributed by atoms with Crippen LogP contribution in [0.1, 0.15) is 32.1 Å². The molecule has 0 bridgehead atoms. The van der Waals surface area contributed by atoms with Crippen molar-refractivity contribution >= 4 is 5.97 Å². The fourth-order valence-corrected chi connectivity index (χ4v) is 4.57. The number of methoxy groups -OCH3 is 1. The average Bonchev–Trinajstić information content (AvgIpc) is 2.86. The second-order valence-corrected chi connectivity index (χ2v) is 6.29. The number of halogens is 1. The Labute approximate surface area is 135 Å². The molecule has 0 aromatic carbocycles. The van der Waals surface area contributed by atoms with Crippen LogP contribution in [0.25, 0.3) is 0 Å². The lowest BCUT2D eigenvalue weighted by Gasteiger charge is -2.50. The quantitative estimate of drug-likeness (QED) is 0.439. The molecule has 1 spiro atoms. The summed E-state index contributed by atoms with van der Waals surface area (Å²) in [6.45, 7) is 2.72. The molecule has 5 heteroatoms. The molecule has 0 N–H and O–H groups in total. The van der Waals surface area contributed by atoms with E-state index in [1.165, 1.54) is 16.7 Å². The van der Waals surface area contributed by atoms with Gasteiger partial charge in [-0.05, 0) is 42.4 Å². The van der Waals surface area contributed by atoms with Gasteiger partial charge < -0.3 is 26.5 Å². The van der Waals surface area contributed by atoms with Crippen molar-refractivity contribution in [3.05, 3.63) is 22.8 Å². The number of carbonyl (C=O) groups excluding carboxylic acids is 1. The van der Waals surface area contributed by atoms with E-state index < -0.39 is 0 Å². The van der Waals surface area contributed by atoms with Gasteiger partial charge in [0, 0.05) is 20.2 Å². The highest BCUT2D eigenvalue weighted by Gasteiger charge is 2.53. The number of hydrogen-bond donors (Lipinski definition) is 0. The Bertz CT molecular complexity index is 528. The molecule has 2 atom stereocenters. The van der Waals surface area contributed by atoms with Crippen molar-refractivity contribution in [3.63, 3.8) is 0 Å². The van der Waals surface area contributed by atoms with Crippen LogP contribution in [0, 0.1) is 0 Å². The smallest absolute Gasteiger partial charge is 0.310 e. The zero-order valence-electron chi connectivity index (χ0n) is 12.4. The van der Waals surface area contributed by atoms with Crippen molar-refractivity contribution in [2.24, 2.45) is 0 Å². The van der Waals surface area contributed by atoms with Crippen LogP contribution >= 0.6 is 0 Å². The van der Waals surface area contributed by atoms with Crippen LogP contribution in [0.15, 0.2) is 22.8 Å². The highest BCUT2D eigenvalue weighted by Crippen LogP contribution is 2.52. The summed E-state index contributed by atoms with van der Waals surface area (Å²) >= 11 is 0. The molecular formula is C16H21BrNO3-. The van der Waals surface area contributed by atoms with E-state index in [9.17, 15) is 4.79 Å². The van der Waals surface area contributed by atoms with E-state index >= 15 is 0 Å². The maximum absolute atomic E-state index is 11.8. The number of esters is 1. The van der Waals surface area contributed by atoms with Gasteiger partial charge in [-0.25, -0.2) is 0 Å². The van der Waals surface area contributed by atoms with Crippen molar-refractivity contribution in [1.82, 2.24) is 4.90 Å². The molecule has 3 heterocycles. The van der Waals surface area contributed by atoms with E-state index in [0.717, 1.165) is 38.8 Å². The molecule has 1 saturated heterocycles.